The molecule has 2 N–H and O–H groups in total. The molecule has 1 aromatic heterocycles. The molecule has 0 radical (unpaired) electrons. The Balaban J connectivity index is 1.65. The van der Waals surface area contributed by atoms with Gasteiger partial charge in [0.05, 0.1) is 29.9 Å². The molecule has 9 heteroatoms. The van der Waals surface area contributed by atoms with E-state index in [2.05, 4.69) is 14.7 Å². The van der Waals surface area contributed by atoms with Crippen molar-refractivity contribution in [2.45, 2.75) is 25.5 Å². The maximum absolute atomic E-state index is 12.5. The molecule has 0 unspecified atom stereocenters. The third kappa shape index (κ3) is 6.05. The fraction of sp³-hybridized carbons (Fsp3) is 0.261. The molecular formula is C23H24ClN3O4S. The number of methoxy groups -OCH3 is 1. The van der Waals surface area contributed by atoms with E-state index in [4.69, 9.17) is 17.3 Å². The normalized spacial score (nSPS) is 11.3. The second kappa shape index (κ2) is 10.1. The van der Waals surface area contributed by atoms with E-state index < -0.39 is 15.8 Å². The van der Waals surface area contributed by atoms with Gasteiger partial charge in [0.25, 0.3) is 0 Å². The predicted octanol–water partition coefficient (Wildman–Crippen LogP) is 4.02. The highest BCUT2D eigenvalue weighted by Gasteiger charge is 2.14. The van der Waals surface area contributed by atoms with Gasteiger partial charge in [-0.05, 0) is 55.2 Å². The number of carbonyl (C=O) groups is 1. The summed E-state index contributed by atoms with van der Waals surface area (Å²) >= 11 is 6.21. The zero-order chi connectivity index (χ0) is 23.3. The molecule has 0 fully saturated rings. The van der Waals surface area contributed by atoms with Gasteiger partial charge in [0, 0.05) is 16.3 Å². The molecule has 0 saturated heterocycles. The monoisotopic (exact) mass is 473 g/mol. The largest absolute Gasteiger partial charge is 0.465 e. The van der Waals surface area contributed by atoms with Crippen LogP contribution < -0.4 is 5.73 Å². The molecule has 3 rings (SSSR count). The van der Waals surface area contributed by atoms with Gasteiger partial charge in [-0.1, -0.05) is 35.9 Å². The number of esters is 1. The first-order chi connectivity index (χ1) is 15.2. The van der Waals surface area contributed by atoms with Crippen LogP contribution in [0.25, 0.3) is 11.3 Å². The number of aryl methyl sites for hydroxylation is 1. The van der Waals surface area contributed by atoms with E-state index in [0.29, 0.717) is 40.4 Å². The zero-order valence-electron chi connectivity index (χ0n) is 17.8. The van der Waals surface area contributed by atoms with Gasteiger partial charge in [-0.2, -0.15) is 0 Å². The number of nitrogens with zero attached hydrogens (tertiary/aromatic N) is 2. The van der Waals surface area contributed by atoms with Crippen molar-refractivity contribution < 1.29 is 17.9 Å². The van der Waals surface area contributed by atoms with E-state index in [1.165, 1.54) is 7.11 Å². The lowest BCUT2D eigenvalue weighted by Crippen LogP contribution is -2.11. The highest BCUT2D eigenvalue weighted by molar-refractivity contribution is 7.90. The molecule has 0 bridgehead atoms. The Bertz CT molecular complexity index is 1230. The van der Waals surface area contributed by atoms with Crippen molar-refractivity contribution in [3.05, 3.63) is 75.9 Å². The third-order valence-corrected chi connectivity index (χ3v) is 7.08. The number of rotatable bonds is 8. The van der Waals surface area contributed by atoms with Crippen LogP contribution >= 0.6 is 11.6 Å². The Labute approximate surface area is 192 Å². The molecule has 2 aromatic carbocycles. The molecule has 0 saturated carbocycles. The molecular weight excluding hydrogens is 450 g/mol. The number of carbonyl (C=O) groups excluding carboxylic acids is 1. The van der Waals surface area contributed by atoms with Crippen LogP contribution in [0.5, 0.6) is 0 Å². The SMILES string of the molecule is COC(=O)c1ccc(CS(=O)(=O)CCCc2cc(-c3cccc(Cl)c3C)nc(N)n2)cc1. The number of hydrogen-bond donors (Lipinski definition) is 1. The van der Waals surface area contributed by atoms with Gasteiger partial charge in [0.2, 0.25) is 5.95 Å². The van der Waals surface area contributed by atoms with E-state index in [9.17, 15) is 13.2 Å². The number of aromatic nitrogens is 2. The number of halogens is 1. The van der Waals surface area contributed by atoms with Crippen LogP contribution in [0, 0.1) is 6.92 Å². The molecule has 0 aliphatic rings. The number of nitrogens with two attached hydrogens (primary N) is 1. The maximum Gasteiger partial charge on any atom is 0.337 e. The van der Waals surface area contributed by atoms with Crippen LogP contribution in [0.4, 0.5) is 5.95 Å². The van der Waals surface area contributed by atoms with Crippen molar-refractivity contribution in [3.63, 3.8) is 0 Å². The van der Waals surface area contributed by atoms with E-state index >= 15 is 0 Å². The summed E-state index contributed by atoms with van der Waals surface area (Å²) < 4.78 is 29.7. The fourth-order valence-corrected chi connectivity index (χ4v) is 4.93. The second-order valence-electron chi connectivity index (χ2n) is 7.40. The van der Waals surface area contributed by atoms with Crippen LogP contribution in [-0.2, 0) is 26.7 Å². The molecule has 168 valence electrons. The Morgan fingerprint density at radius 3 is 2.53 bits per heavy atom. The first kappa shape index (κ1) is 23.7. The van der Waals surface area contributed by atoms with Crippen LogP contribution in [0.15, 0.2) is 48.5 Å². The van der Waals surface area contributed by atoms with Gasteiger partial charge in [-0.15, -0.1) is 0 Å². The van der Waals surface area contributed by atoms with Gasteiger partial charge in [0.15, 0.2) is 9.84 Å². The Morgan fingerprint density at radius 2 is 1.84 bits per heavy atom. The Hall–Kier alpha value is -2.97. The summed E-state index contributed by atoms with van der Waals surface area (Å²) in [5.41, 5.74) is 9.94. The highest BCUT2D eigenvalue weighted by Crippen LogP contribution is 2.28. The van der Waals surface area contributed by atoms with Crippen LogP contribution in [0.3, 0.4) is 0 Å². The zero-order valence-corrected chi connectivity index (χ0v) is 19.4. The molecule has 3 aromatic rings. The average molecular weight is 474 g/mol. The number of sulfone groups is 1. The van der Waals surface area contributed by atoms with Gasteiger partial charge in [-0.3, -0.25) is 0 Å². The summed E-state index contributed by atoms with van der Waals surface area (Å²) in [5, 5.41) is 0.631. The molecule has 32 heavy (non-hydrogen) atoms. The summed E-state index contributed by atoms with van der Waals surface area (Å²) in [6, 6.07) is 13.7. The van der Waals surface area contributed by atoms with Crippen molar-refractivity contribution in [1.82, 2.24) is 9.97 Å². The molecule has 0 atom stereocenters. The van der Waals surface area contributed by atoms with Crippen LogP contribution in [-0.4, -0.2) is 37.2 Å². The topological polar surface area (TPSA) is 112 Å². The highest BCUT2D eigenvalue weighted by atomic mass is 35.5. The van der Waals surface area contributed by atoms with E-state index in [1.807, 2.05) is 25.1 Å². The second-order valence-corrected chi connectivity index (χ2v) is 9.99. The van der Waals surface area contributed by atoms with Crippen LogP contribution in [0.2, 0.25) is 5.02 Å². The molecule has 0 amide bonds. The third-order valence-electron chi connectivity index (χ3n) is 4.99. The molecule has 0 aliphatic heterocycles. The molecule has 0 spiro atoms. The minimum Gasteiger partial charge on any atom is -0.465 e. The average Bonchev–Trinajstić information content (AvgIpc) is 2.75. The molecule has 7 nitrogen and oxygen atoms in total. The quantitative estimate of drug-likeness (QED) is 0.491. The first-order valence-electron chi connectivity index (χ1n) is 9.95. The molecule has 1 heterocycles. The number of hydrogen-bond acceptors (Lipinski definition) is 7. The lowest BCUT2D eigenvalue weighted by atomic mass is 10.0. The van der Waals surface area contributed by atoms with Crippen molar-refractivity contribution in [2.75, 3.05) is 18.6 Å². The predicted molar refractivity (Wildman–Crippen MR) is 125 cm³/mol. The minimum absolute atomic E-state index is 0.00118. The van der Waals surface area contributed by atoms with Gasteiger partial charge >= 0.3 is 5.97 Å². The minimum atomic E-state index is -3.34. The summed E-state index contributed by atoms with van der Waals surface area (Å²) in [4.78, 5) is 20.0. The number of benzene rings is 2. The number of nitrogen functional groups attached to an aromatic ring is 1. The van der Waals surface area contributed by atoms with Crippen molar-refractivity contribution in [2.24, 2.45) is 0 Å². The van der Waals surface area contributed by atoms with Gasteiger partial charge < -0.3 is 10.5 Å². The molecule has 0 aliphatic carbocycles. The van der Waals surface area contributed by atoms with E-state index in [-0.39, 0.29) is 17.5 Å². The smallest absolute Gasteiger partial charge is 0.337 e. The number of ether oxygens (including phenoxy) is 1. The van der Waals surface area contributed by atoms with Gasteiger partial charge in [0.1, 0.15) is 0 Å². The van der Waals surface area contributed by atoms with Crippen molar-refractivity contribution in [1.29, 1.82) is 0 Å². The lowest BCUT2D eigenvalue weighted by molar-refractivity contribution is 0.0600. The standard InChI is InChI=1S/C23H24ClN3O4S/c1-15-19(6-3-7-20(15)24)21-13-18(26-23(25)27-21)5-4-12-32(29,30)14-16-8-10-17(11-9-16)22(28)31-2/h3,6-11,13H,4-5,12,14H2,1-2H3,(H2,25,26,27). The maximum atomic E-state index is 12.5. The Kier molecular flexibility index (Phi) is 7.48. The van der Waals surface area contributed by atoms with Crippen molar-refractivity contribution >= 4 is 33.4 Å². The summed E-state index contributed by atoms with van der Waals surface area (Å²) in [6.45, 7) is 1.90. The first-order valence-corrected chi connectivity index (χ1v) is 12.1. The lowest BCUT2D eigenvalue weighted by Gasteiger charge is -2.10. The Morgan fingerprint density at radius 1 is 1.12 bits per heavy atom. The van der Waals surface area contributed by atoms with Crippen LogP contribution in [0.1, 0.15) is 33.6 Å². The summed E-state index contributed by atoms with van der Waals surface area (Å²) in [5.74, 6) is -0.435. The van der Waals surface area contributed by atoms with E-state index in [1.54, 1.807) is 30.3 Å². The summed E-state index contributed by atoms with van der Waals surface area (Å²) in [6.07, 6.45) is 0.840. The fourth-order valence-electron chi connectivity index (χ4n) is 3.32. The number of anilines is 1. The van der Waals surface area contributed by atoms with E-state index in [0.717, 1.165) is 11.1 Å². The summed E-state index contributed by atoms with van der Waals surface area (Å²) in [7, 11) is -2.04. The van der Waals surface area contributed by atoms with Gasteiger partial charge in [-0.25, -0.2) is 23.2 Å². The van der Waals surface area contributed by atoms with Crippen molar-refractivity contribution in [3.8, 4) is 11.3 Å².